The Balaban J connectivity index is 1.47. The van der Waals surface area contributed by atoms with Crippen molar-refractivity contribution in [3.8, 4) is 0 Å². The van der Waals surface area contributed by atoms with Crippen LogP contribution in [0, 0.1) is 11.7 Å². The summed E-state index contributed by atoms with van der Waals surface area (Å²) in [6, 6.07) is 7.79. The maximum absolute atomic E-state index is 13.0. The van der Waals surface area contributed by atoms with E-state index in [0.29, 0.717) is 24.8 Å². The summed E-state index contributed by atoms with van der Waals surface area (Å²) in [7, 11) is 0. The number of anilines is 1. The molecule has 1 fully saturated rings. The van der Waals surface area contributed by atoms with Crippen molar-refractivity contribution in [2.45, 2.75) is 32.9 Å². The molecule has 3 aromatic rings. The number of piperidine rings is 1. The van der Waals surface area contributed by atoms with E-state index < -0.39 is 0 Å². The fourth-order valence-electron chi connectivity index (χ4n) is 3.32. The number of benzene rings is 1. The number of nitrogens with zero attached hydrogens (tertiary/aromatic N) is 4. The SMILES string of the molecule is CC1CCN(Cc2cc(=O)n3[nH]c(NCc4ccc(F)cc4)nc3n2)CC1. The third kappa shape index (κ3) is 4.16. The van der Waals surface area contributed by atoms with E-state index in [4.69, 9.17) is 0 Å². The number of hydrogen-bond donors (Lipinski definition) is 2. The minimum Gasteiger partial charge on any atom is -0.351 e. The largest absolute Gasteiger partial charge is 0.351 e. The monoisotopic (exact) mass is 370 g/mol. The number of aromatic amines is 1. The van der Waals surface area contributed by atoms with Crippen LogP contribution in [0.15, 0.2) is 35.1 Å². The molecule has 0 radical (unpaired) electrons. The van der Waals surface area contributed by atoms with Gasteiger partial charge in [-0.1, -0.05) is 19.1 Å². The minimum atomic E-state index is -0.270. The molecule has 0 saturated carbocycles. The zero-order valence-corrected chi connectivity index (χ0v) is 15.3. The van der Waals surface area contributed by atoms with Crippen molar-refractivity contribution in [1.29, 1.82) is 0 Å². The van der Waals surface area contributed by atoms with Gasteiger partial charge < -0.3 is 5.32 Å². The first-order chi connectivity index (χ1) is 13.1. The van der Waals surface area contributed by atoms with Gasteiger partial charge in [-0.15, -0.1) is 0 Å². The van der Waals surface area contributed by atoms with E-state index in [-0.39, 0.29) is 11.4 Å². The van der Waals surface area contributed by atoms with Crippen molar-refractivity contribution < 1.29 is 4.39 Å². The Labute approximate surface area is 156 Å². The minimum absolute atomic E-state index is 0.178. The van der Waals surface area contributed by atoms with Gasteiger partial charge in [0.15, 0.2) is 0 Å². The van der Waals surface area contributed by atoms with Crippen molar-refractivity contribution in [1.82, 2.24) is 24.5 Å². The Morgan fingerprint density at radius 2 is 1.96 bits per heavy atom. The molecule has 2 aromatic heterocycles. The van der Waals surface area contributed by atoms with Gasteiger partial charge in [-0.05, 0) is 49.5 Å². The molecule has 0 unspecified atom stereocenters. The first-order valence-electron chi connectivity index (χ1n) is 9.26. The van der Waals surface area contributed by atoms with Gasteiger partial charge in [-0.25, -0.2) is 9.37 Å². The summed E-state index contributed by atoms with van der Waals surface area (Å²) in [6.45, 7) is 5.48. The second-order valence-corrected chi connectivity index (χ2v) is 7.23. The first-order valence-corrected chi connectivity index (χ1v) is 9.26. The van der Waals surface area contributed by atoms with E-state index in [1.165, 1.54) is 29.5 Å². The Morgan fingerprint density at radius 1 is 1.22 bits per heavy atom. The standard InChI is InChI=1S/C19H23FN6O/c1-13-6-8-25(9-7-13)12-16-10-17(27)26-19(22-16)23-18(24-26)21-11-14-2-4-15(20)5-3-14/h2-5,10,13H,6-9,11-12H2,1H3,(H2,21,22,23,24). The topological polar surface area (TPSA) is 78.3 Å². The van der Waals surface area contributed by atoms with Gasteiger partial charge in [0.2, 0.25) is 5.95 Å². The molecule has 7 nitrogen and oxygen atoms in total. The maximum atomic E-state index is 13.0. The second-order valence-electron chi connectivity index (χ2n) is 7.23. The predicted octanol–water partition coefficient (Wildman–Crippen LogP) is 2.40. The summed E-state index contributed by atoms with van der Waals surface area (Å²) in [4.78, 5) is 23.6. The highest BCUT2D eigenvalue weighted by Gasteiger charge is 2.17. The molecule has 27 heavy (non-hydrogen) atoms. The van der Waals surface area contributed by atoms with E-state index in [9.17, 15) is 9.18 Å². The molecule has 0 amide bonds. The predicted molar refractivity (Wildman–Crippen MR) is 101 cm³/mol. The number of nitrogens with one attached hydrogen (secondary N) is 2. The molecule has 8 heteroatoms. The summed E-state index contributed by atoms with van der Waals surface area (Å²) >= 11 is 0. The molecule has 0 bridgehead atoms. The average molecular weight is 370 g/mol. The molecular weight excluding hydrogens is 347 g/mol. The molecule has 0 aliphatic carbocycles. The highest BCUT2D eigenvalue weighted by atomic mass is 19.1. The maximum Gasteiger partial charge on any atom is 0.274 e. The van der Waals surface area contributed by atoms with Crippen LogP contribution in [-0.4, -0.2) is 37.6 Å². The van der Waals surface area contributed by atoms with Crippen molar-refractivity contribution in [2.75, 3.05) is 18.4 Å². The molecular formula is C19H23FN6O. The molecule has 2 N–H and O–H groups in total. The molecule has 4 rings (SSSR count). The Bertz CT molecular complexity index is 972. The number of halogens is 1. The molecule has 1 aromatic carbocycles. The zero-order valence-electron chi connectivity index (χ0n) is 15.3. The number of hydrogen-bond acceptors (Lipinski definition) is 5. The Morgan fingerprint density at radius 3 is 2.70 bits per heavy atom. The van der Waals surface area contributed by atoms with Crippen LogP contribution in [0.1, 0.15) is 31.0 Å². The molecule has 3 heterocycles. The van der Waals surface area contributed by atoms with Crippen LogP contribution in [0.2, 0.25) is 0 Å². The fraction of sp³-hybridized carbons (Fsp3) is 0.421. The van der Waals surface area contributed by atoms with Crippen LogP contribution < -0.4 is 10.9 Å². The van der Waals surface area contributed by atoms with Gasteiger partial charge >= 0.3 is 0 Å². The van der Waals surface area contributed by atoms with Crippen molar-refractivity contribution in [3.05, 3.63) is 57.8 Å². The van der Waals surface area contributed by atoms with Crippen LogP contribution in [0.3, 0.4) is 0 Å². The third-order valence-electron chi connectivity index (χ3n) is 5.02. The van der Waals surface area contributed by atoms with Crippen LogP contribution in [-0.2, 0) is 13.1 Å². The van der Waals surface area contributed by atoms with Gasteiger partial charge in [0.1, 0.15) is 5.82 Å². The lowest BCUT2D eigenvalue weighted by Crippen LogP contribution is -2.33. The normalized spacial score (nSPS) is 16.1. The van der Waals surface area contributed by atoms with Gasteiger partial charge in [-0.3, -0.25) is 14.8 Å². The number of fused-ring (bicyclic) bond motifs is 1. The molecule has 1 aliphatic rings. The zero-order chi connectivity index (χ0) is 18.8. The van der Waals surface area contributed by atoms with Crippen LogP contribution in [0.25, 0.3) is 5.78 Å². The molecule has 0 atom stereocenters. The molecule has 0 spiro atoms. The summed E-state index contributed by atoms with van der Waals surface area (Å²) in [6.07, 6.45) is 2.36. The van der Waals surface area contributed by atoms with Gasteiger partial charge in [-0.2, -0.15) is 9.50 Å². The second kappa shape index (κ2) is 7.48. The highest BCUT2D eigenvalue weighted by molar-refractivity contribution is 5.38. The third-order valence-corrected chi connectivity index (χ3v) is 5.02. The van der Waals surface area contributed by atoms with E-state index in [0.717, 1.165) is 30.3 Å². The first kappa shape index (κ1) is 17.7. The summed E-state index contributed by atoms with van der Waals surface area (Å²) in [5, 5.41) is 6.02. The van der Waals surface area contributed by atoms with E-state index in [1.807, 2.05) is 0 Å². The quantitative estimate of drug-likeness (QED) is 0.721. The lowest BCUT2D eigenvalue weighted by atomic mass is 9.99. The number of likely N-dealkylation sites (tertiary alicyclic amines) is 1. The fourth-order valence-corrected chi connectivity index (χ4v) is 3.32. The smallest absolute Gasteiger partial charge is 0.274 e. The lowest BCUT2D eigenvalue weighted by Gasteiger charge is -2.29. The number of H-pyrrole nitrogens is 1. The van der Waals surface area contributed by atoms with E-state index in [1.54, 1.807) is 18.2 Å². The number of rotatable bonds is 5. The van der Waals surface area contributed by atoms with Crippen LogP contribution >= 0.6 is 0 Å². The molecule has 1 aliphatic heterocycles. The van der Waals surface area contributed by atoms with E-state index in [2.05, 4.69) is 32.2 Å². The lowest BCUT2D eigenvalue weighted by molar-refractivity contribution is 0.183. The van der Waals surface area contributed by atoms with Gasteiger partial charge in [0.05, 0.1) is 5.69 Å². The van der Waals surface area contributed by atoms with Gasteiger partial charge in [0, 0.05) is 19.2 Å². The molecule has 1 saturated heterocycles. The summed E-state index contributed by atoms with van der Waals surface area (Å²) in [5.74, 6) is 1.30. The van der Waals surface area contributed by atoms with Crippen molar-refractivity contribution >= 4 is 11.7 Å². The Kier molecular flexibility index (Phi) is 4.89. The summed E-state index contributed by atoms with van der Waals surface area (Å²) in [5.41, 5.74) is 1.48. The van der Waals surface area contributed by atoms with Crippen LogP contribution in [0.5, 0.6) is 0 Å². The average Bonchev–Trinajstić information content (AvgIpc) is 3.07. The van der Waals surface area contributed by atoms with Crippen molar-refractivity contribution in [2.24, 2.45) is 5.92 Å². The Hall–Kier alpha value is -2.74. The van der Waals surface area contributed by atoms with E-state index >= 15 is 0 Å². The van der Waals surface area contributed by atoms with Gasteiger partial charge in [0.25, 0.3) is 11.3 Å². The number of aromatic nitrogens is 4. The summed E-state index contributed by atoms with van der Waals surface area (Å²) < 4.78 is 14.3. The van der Waals surface area contributed by atoms with Crippen molar-refractivity contribution in [3.63, 3.8) is 0 Å². The van der Waals surface area contributed by atoms with Crippen LogP contribution in [0.4, 0.5) is 10.3 Å². The molecule has 142 valence electrons. The highest BCUT2D eigenvalue weighted by Crippen LogP contribution is 2.17.